The summed E-state index contributed by atoms with van der Waals surface area (Å²) < 4.78 is 5.30. The molecular formula is C10H15ClN4O. The minimum atomic E-state index is 0.212. The van der Waals surface area contributed by atoms with Crippen molar-refractivity contribution < 1.29 is 4.74 Å². The summed E-state index contributed by atoms with van der Waals surface area (Å²) in [6.45, 7) is 2.53. The van der Waals surface area contributed by atoms with Gasteiger partial charge in [0.1, 0.15) is 0 Å². The standard InChI is InChI=1S/C10H15ClN4O/c11-10-14-6-8(12)9(15-10)13-5-7-1-3-16-4-2-7/h6-7H,1-5,12H2,(H,13,14,15). The third kappa shape index (κ3) is 2.96. The van der Waals surface area contributed by atoms with Crippen molar-refractivity contribution in [3.05, 3.63) is 11.5 Å². The molecular weight excluding hydrogens is 228 g/mol. The van der Waals surface area contributed by atoms with Gasteiger partial charge in [0.15, 0.2) is 5.82 Å². The van der Waals surface area contributed by atoms with E-state index in [9.17, 15) is 0 Å². The molecule has 1 fully saturated rings. The van der Waals surface area contributed by atoms with Crippen LogP contribution < -0.4 is 11.1 Å². The van der Waals surface area contributed by atoms with Crippen LogP contribution in [0.25, 0.3) is 0 Å². The molecule has 6 heteroatoms. The molecule has 1 aromatic heterocycles. The summed E-state index contributed by atoms with van der Waals surface area (Å²) in [7, 11) is 0. The fourth-order valence-electron chi connectivity index (χ4n) is 1.70. The van der Waals surface area contributed by atoms with Crippen molar-refractivity contribution in [3.63, 3.8) is 0 Å². The Kier molecular flexibility index (Phi) is 3.79. The van der Waals surface area contributed by atoms with Gasteiger partial charge in [-0.2, -0.15) is 4.98 Å². The predicted octanol–water partition coefficient (Wildman–Crippen LogP) is 1.55. The van der Waals surface area contributed by atoms with Gasteiger partial charge in [-0.15, -0.1) is 0 Å². The average Bonchev–Trinajstić information content (AvgIpc) is 2.32. The third-order valence-electron chi connectivity index (χ3n) is 2.69. The number of rotatable bonds is 3. The van der Waals surface area contributed by atoms with Gasteiger partial charge in [-0.1, -0.05) is 0 Å². The number of ether oxygens (including phenoxy) is 1. The van der Waals surface area contributed by atoms with Crippen molar-refractivity contribution in [3.8, 4) is 0 Å². The zero-order valence-electron chi connectivity index (χ0n) is 8.95. The van der Waals surface area contributed by atoms with Gasteiger partial charge in [-0.25, -0.2) is 4.98 Å². The molecule has 3 N–H and O–H groups in total. The normalized spacial score (nSPS) is 17.3. The van der Waals surface area contributed by atoms with Crippen LogP contribution in [0.5, 0.6) is 0 Å². The number of nitrogens with two attached hydrogens (primary N) is 1. The molecule has 5 nitrogen and oxygen atoms in total. The summed E-state index contributed by atoms with van der Waals surface area (Å²) in [6, 6.07) is 0. The second-order valence-electron chi connectivity index (χ2n) is 3.88. The van der Waals surface area contributed by atoms with Crippen LogP contribution >= 0.6 is 11.6 Å². The lowest BCUT2D eigenvalue weighted by atomic mass is 10.0. The zero-order chi connectivity index (χ0) is 11.4. The maximum absolute atomic E-state index is 5.73. The largest absolute Gasteiger partial charge is 0.394 e. The van der Waals surface area contributed by atoms with Crippen LogP contribution in [0.15, 0.2) is 6.20 Å². The lowest BCUT2D eigenvalue weighted by Crippen LogP contribution is -2.23. The molecule has 0 atom stereocenters. The molecule has 1 aliphatic heterocycles. The summed E-state index contributed by atoms with van der Waals surface area (Å²) in [6.07, 6.45) is 3.67. The molecule has 0 aromatic carbocycles. The van der Waals surface area contributed by atoms with Gasteiger partial charge >= 0.3 is 0 Å². The summed E-state index contributed by atoms with van der Waals surface area (Å²) >= 11 is 5.70. The molecule has 0 amide bonds. The number of anilines is 2. The van der Waals surface area contributed by atoms with Crippen LogP contribution in [0.1, 0.15) is 12.8 Å². The molecule has 2 heterocycles. The summed E-state index contributed by atoms with van der Waals surface area (Å²) in [5, 5.41) is 3.42. The third-order valence-corrected chi connectivity index (χ3v) is 2.87. The van der Waals surface area contributed by atoms with Crippen molar-refractivity contribution in [2.45, 2.75) is 12.8 Å². The van der Waals surface area contributed by atoms with E-state index in [1.807, 2.05) is 0 Å². The molecule has 0 bridgehead atoms. The quantitative estimate of drug-likeness (QED) is 0.787. The van der Waals surface area contributed by atoms with Crippen molar-refractivity contribution >= 4 is 23.1 Å². The molecule has 1 aliphatic rings. The first kappa shape index (κ1) is 11.4. The fourth-order valence-corrected chi connectivity index (χ4v) is 1.84. The average molecular weight is 243 g/mol. The van der Waals surface area contributed by atoms with Crippen LogP contribution in [0.4, 0.5) is 11.5 Å². The van der Waals surface area contributed by atoms with Crippen LogP contribution in [0, 0.1) is 5.92 Å². The first-order chi connectivity index (χ1) is 7.75. The SMILES string of the molecule is Nc1cnc(Cl)nc1NCC1CCOCC1. The molecule has 0 aliphatic carbocycles. The van der Waals surface area contributed by atoms with Gasteiger partial charge < -0.3 is 15.8 Å². The van der Waals surface area contributed by atoms with E-state index in [4.69, 9.17) is 22.1 Å². The molecule has 1 aromatic rings. The lowest BCUT2D eigenvalue weighted by Gasteiger charge is -2.22. The Bertz CT molecular complexity index is 355. The highest BCUT2D eigenvalue weighted by molar-refractivity contribution is 6.28. The number of nitrogens with one attached hydrogen (secondary N) is 1. The smallest absolute Gasteiger partial charge is 0.224 e. The van der Waals surface area contributed by atoms with Crippen LogP contribution in [0.2, 0.25) is 5.28 Å². The highest BCUT2D eigenvalue weighted by atomic mass is 35.5. The Morgan fingerprint density at radius 2 is 2.25 bits per heavy atom. The van der Waals surface area contributed by atoms with E-state index in [0.29, 0.717) is 17.4 Å². The van der Waals surface area contributed by atoms with E-state index in [1.54, 1.807) is 0 Å². The lowest BCUT2D eigenvalue weighted by molar-refractivity contribution is 0.0699. The Morgan fingerprint density at radius 3 is 3.00 bits per heavy atom. The first-order valence-corrected chi connectivity index (χ1v) is 5.73. The van der Waals surface area contributed by atoms with Crippen LogP contribution in [0.3, 0.4) is 0 Å². The minimum Gasteiger partial charge on any atom is -0.394 e. The van der Waals surface area contributed by atoms with Crippen LogP contribution in [-0.4, -0.2) is 29.7 Å². The maximum atomic E-state index is 5.73. The summed E-state index contributed by atoms with van der Waals surface area (Å²) in [5.41, 5.74) is 6.26. The number of nitrogens with zero attached hydrogens (tertiary/aromatic N) is 2. The van der Waals surface area contributed by atoms with Crippen molar-refractivity contribution in [2.24, 2.45) is 5.92 Å². The van der Waals surface area contributed by atoms with E-state index in [2.05, 4.69) is 15.3 Å². The molecule has 2 rings (SSSR count). The Morgan fingerprint density at radius 1 is 1.50 bits per heavy atom. The number of aromatic nitrogens is 2. The highest BCUT2D eigenvalue weighted by Gasteiger charge is 2.14. The molecule has 0 unspecified atom stereocenters. The van der Waals surface area contributed by atoms with E-state index >= 15 is 0 Å². The molecule has 0 spiro atoms. The van der Waals surface area contributed by atoms with E-state index in [0.717, 1.165) is 32.6 Å². The number of halogens is 1. The van der Waals surface area contributed by atoms with Crippen LogP contribution in [-0.2, 0) is 4.74 Å². The first-order valence-electron chi connectivity index (χ1n) is 5.35. The predicted molar refractivity (Wildman–Crippen MR) is 63.5 cm³/mol. The number of hydrogen-bond acceptors (Lipinski definition) is 5. The second-order valence-corrected chi connectivity index (χ2v) is 4.22. The van der Waals surface area contributed by atoms with E-state index in [1.165, 1.54) is 6.20 Å². The molecule has 0 saturated carbocycles. The monoisotopic (exact) mass is 242 g/mol. The minimum absolute atomic E-state index is 0.212. The topological polar surface area (TPSA) is 73.1 Å². The van der Waals surface area contributed by atoms with Gasteiger partial charge in [0, 0.05) is 19.8 Å². The van der Waals surface area contributed by atoms with Gasteiger partial charge in [-0.05, 0) is 30.4 Å². The van der Waals surface area contributed by atoms with Gasteiger partial charge in [0.2, 0.25) is 5.28 Å². The summed E-state index contributed by atoms with van der Waals surface area (Å²) in [4.78, 5) is 7.85. The number of nitrogen functional groups attached to an aromatic ring is 1. The molecule has 0 radical (unpaired) electrons. The molecule has 1 saturated heterocycles. The van der Waals surface area contributed by atoms with Crippen molar-refractivity contribution in [1.82, 2.24) is 9.97 Å². The van der Waals surface area contributed by atoms with Crippen molar-refractivity contribution in [1.29, 1.82) is 0 Å². The zero-order valence-corrected chi connectivity index (χ0v) is 9.70. The highest BCUT2D eigenvalue weighted by Crippen LogP contribution is 2.19. The van der Waals surface area contributed by atoms with Gasteiger partial charge in [-0.3, -0.25) is 0 Å². The fraction of sp³-hybridized carbons (Fsp3) is 0.600. The maximum Gasteiger partial charge on any atom is 0.224 e. The van der Waals surface area contributed by atoms with E-state index < -0.39 is 0 Å². The molecule has 16 heavy (non-hydrogen) atoms. The van der Waals surface area contributed by atoms with Gasteiger partial charge in [0.25, 0.3) is 0 Å². The van der Waals surface area contributed by atoms with Crippen molar-refractivity contribution in [2.75, 3.05) is 30.8 Å². The van der Waals surface area contributed by atoms with Gasteiger partial charge in [0.05, 0.1) is 11.9 Å². The Balaban J connectivity index is 1.90. The summed E-state index contributed by atoms with van der Waals surface area (Å²) in [5.74, 6) is 1.23. The van der Waals surface area contributed by atoms with E-state index in [-0.39, 0.29) is 5.28 Å². The second kappa shape index (κ2) is 5.32. The number of hydrogen-bond donors (Lipinski definition) is 2. The Hall–Kier alpha value is -1.07. The Labute approximate surface area is 99.4 Å². The molecule has 88 valence electrons.